The van der Waals surface area contributed by atoms with Gasteiger partial charge in [-0.1, -0.05) is 12.1 Å². The summed E-state index contributed by atoms with van der Waals surface area (Å²) in [5.41, 5.74) is 2.75. The number of ether oxygens (including phenoxy) is 3. The predicted octanol–water partition coefficient (Wildman–Crippen LogP) is 2.81. The molecule has 1 aliphatic heterocycles. The Kier molecular flexibility index (Phi) is 6.19. The first-order chi connectivity index (χ1) is 13.1. The van der Waals surface area contributed by atoms with Crippen molar-refractivity contribution in [3.8, 4) is 11.5 Å². The molecule has 3 rings (SSSR count). The van der Waals surface area contributed by atoms with Crippen LogP contribution in [0.2, 0.25) is 0 Å². The normalized spacial score (nSPS) is 14.0. The van der Waals surface area contributed by atoms with Crippen molar-refractivity contribution in [2.75, 3.05) is 52.5 Å². The van der Waals surface area contributed by atoms with Crippen LogP contribution in [0.4, 0.5) is 5.69 Å². The molecule has 0 saturated carbocycles. The second-order valence-electron chi connectivity index (χ2n) is 6.49. The van der Waals surface area contributed by atoms with Crippen LogP contribution in [-0.4, -0.2) is 58.4 Å². The van der Waals surface area contributed by atoms with Crippen molar-refractivity contribution in [2.45, 2.75) is 6.54 Å². The average Bonchev–Trinajstić information content (AvgIpc) is 2.73. The Bertz CT molecular complexity index is 770. The van der Waals surface area contributed by atoms with Gasteiger partial charge < -0.3 is 24.0 Å². The number of carbonyl (C=O) groups excluding carboxylic acids is 1. The van der Waals surface area contributed by atoms with Gasteiger partial charge in [0.25, 0.3) is 5.91 Å². The van der Waals surface area contributed by atoms with Crippen LogP contribution in [0.25, 0.3) is 0 Å². The minimum atomic E-state index is -0.108. The van der Waals surface area contributed by atoms with Crippen molar-refractivity contribution < 1.29 is 19.0 Å². The summed E-state index contributed by atoms with van der Waals surface area (Å²) < 4.78 is 16.0. The minimum Gasteiger partial charge on any atom is -0.497 e. The average molecular weight is 370 g/mol. The molecule has 6 heteroatoms. The number of nitrogens with zero attached hydrogens (tertiary/aromatic N) is 2. The predicted molar refractivity (Wildman–Crippen MR) is 105 cm³/mol. The maximum Gasteiger partial charge on any atom is 0.257 e. The maximum atomic E-state index is 12.9. The molecular formula is C21H26N2O4. The molecule has 0 aliphatic carbocycles. The van der Waals surface area contributed by atoms with E-state index in [9.17, 15) is 4.79 Å². The van der Waals surface area contributed by atoms with E-state index in [1.807, 2.05) is 0 Å². The summed E-state index contributed by atoms with van der Waals surface area (Å²) in [4.78, 5) is 16.9. The lowest BCUT2D eigenvalue weighted by molar-refractivity contribution is 0.0781. The van der Waals surface area contributed by atoms with E-state index in [4.69, 9.17) is 14.2 Å². The number of rotatable bonds is 6. The molecule has 0 aromatic heterocycles. The molecule has 0 radical (unpaired) electrons. The fraction of sp³-hybridized carbons (Fsp3) is 0.381. The monoisotopic (exact) mass is 370 g/mol. The SMILES string of the molecule is COc1ccc(OC)c(C(=O)N(C)Cc2ccc(N3CCOCC3)cc2)c1. The highest BCUT2D eigenvalue weighted by molar-refractivity contribution is 5.97. The van der Waals surface area contributed by atoms with Crippen molar-refractivity contribution in [3.63, 3.8) is 0 Å². The summed E-state index contributed by atoms with van der Waals surface area (Å²) in [6.45, 7) is 3.87. The second-order valence-corrected chi connectivity index (χ2v) is 6.49. The number of methoxy groups -OCH3 is 2. The first-order valence-electron chi connectivity index (χ1n) is 9.01. The van der Waals surface area contributed by atoms with Gasteiger partial charge in [-0.2, -0.15) is 0 Å². The number of hydrogen-bond acceptors (Lipinski definition) is 5. The molecule has 1 saturated heterocycles. The number of hydrogen-bond donors (Lipinski definition) is 0. The fourth-order valence-electron chi connectivity index (χ4n) is 3.17. The smallest absolute Gasteiger partial charge is 0.257 e. The van der Waals surface area contributed by atoms with Crippen molar-refractivity contribution >= 4 is 11.6 Å². The summed E-state index contributed by atoms with van der Waals surface area (Å²) in [6.07, 6.45) is 0. The van der Waals surface area contributed by atoms with E-state index in [1.54, 1.807) is 44.4 Å². The van der Waals surface area contributed by atoms with Gasteiger partial charge in [-0.25, -0.2) is 0 Å². The van der Waals surface area contributed by atoms with Crippen molar-refractivity contribution in [1.82, 2.24) is 4.90 Å². The van der Waals surface area contributed by atoms with Crippen LogP contribution in [-0.2, 0) is 11.3 Å². The summed E-state index contributed by atoms with van der Waals surface area (Å²) in [5, 5.41) is 0. The minimum absolute atomic E-state index is 0.108. The van der Waals surface area contributed by atoms with Gasteiger partial charge in [-0.15, -0.1) is 0 Å². The van der Waals surface area contributed by atoms with E-state index in [0.29, 0.717) is 23.6 Å². The molecule has 27 heavy (non-hydrogen) atoms. The Morgan fingerprint density at radius 2 is 1.78 bits per heavy atom. The molecule has 6 nitrogen and oxygen atoms in total. The highest BCUT2D eigenvalue weighted by Crippen LogP contribution is 2.25. The Hall–Kier alpha value is -2.73. The third kappa shape index (κ3) is 4.52. The van der Waals surface area contributed by atoms with Gasteiger partial charge in [0, 0.05) is 32.4 Å². The van der Waals surface area contributed by atoms with Gasteiger partial charge in [0.2, 0.25) is 0 Å². The first kappa shape index (κ1) is 19.0. The zero-order chi connectivity index (χ0) is 19.2. The largest absolute Gasteiger partial charge is 0.497 e. The molecule has 0 atom stereocenters. The van der Waals surface area contributed by atoms with Crippen LogP contribution < -0.4 is 14.4 Å². The third-order valence-corrected chi connectivity index (χ3v) is 4.72. The lowest BCUT2D eigenvalue weighted by atomic mass is 10.1. The molecule has 0 unspecified atom stereocenters. The van der Waals surface area contributed by atoms with Crippen LogP contribution >= 0.6 is 0 Å². The fourth-order valence-corrected chi connectivity index (χ4v) is 3.17. The molecule has 1 aliphatic rings. The van der Waals surface area contributed by atoms with Gasteiger partial charge in [0.1, 0.15) is 11.5 Å². The Labute approximate surface area is 160 Å². The maximum absolute atomic E-state index is 12.9. The molecule has 2 aromatic carbocycles. The van der Waals surface area contributed by atoms with Crippen molar-refractivity contribution in [2.24, 2.45) is 0 Å². The van der Waals surface area contributed by atoms with Crippen LogP contribution in [0, 0.1) is 0 Å². The summed E-state index contributed by atoms with van der Waals surface area (Å²) in [7, 11) is 4.93. The molecule has 0 spiro atoms. The van der Waals surface area contributed by atoms with Crippen LogP contribution in [0.15, 0.2) is 42.5 Å². The van der Waals surface area contributed by atoms with E-state index in [-0.39, 0.29) is 5.91 Å². The molecule has 0 N–H and O–H groups in total. The molecule has 1 heterocycles. The van der Waals surface area contributed by atoms with Crippen molar-refractivity contribution in [1.29, 1.82) is 0 Å². The second kappa shape index (κ2) is 8.77. The summed E-state index contributed by atoms with van der Waals surface area (Å²) in [5.74, 6) is 1.06. The number of carbonyl (C=O) groups is 1. The lowest BCUT2D eigenvalue weighted by Gasteiger charge is -2.29. The number of anilines is 1. The van der Waals surface area contributed by atoms with Gasteiger partial charge in [-0.05, 0) is 35.9 Å². The van der Waals surface area contributed by atoms with E-state index in [2.05, 4.69) is 29.2 Å². The molecule has 144 valence electrons. The number of amides is 1. The Balaban J connectivity index is 1.69. The highest BCUT2D eigenvalue weighted by Gasteiger charge is 2.18. The van der Waals surface area contributed by atoms with Gasteiger partial charge >= 0.3 is 0 Å². The van der Waals surface area contributed by atoms with E-state index in [0.717, 1.165) is 31.9 Å². The highest BCUT2D eigenvalue weighted by atomic mass is 16.5. The number of benzene rings is 2. The zero-order valence-electron chi connectivity index (χ0n) is 16.1. The molecule has 0 bridgehead atoms. The van der Waals surface area contributed by atoms with Gasteiger partial charge in [0.05, 0.1) is 33.0 Å². The Morgan fingerprint density at radius 3 is 2.41 bits per heavy atom. The zero-order valence-corrected chi connectivity index (χ0v) is 16.1. The molecule has 1 fully saturated rings. The summed E-state index contributed by atoms with van der Waals surface area (Å²) >= 11 is 0. The van der Waals surface area contributed by atoms with Gasteiger partial charge in [0.15, 0.2) is 0 Å². The topological polar surface area (TPSA) is 51.2 Å². The van der Waals surface area contributed by atoms with Crippen LogP contribution in [0.3, 0.4) is 0 Å². The summed E-state index contributed by atoms with van der Waals surface area (Å²) in [6, 6.07) is 13.6. The number of morpholine rings is 1. The van der Waals surface area contributed by atoms with E-state index >= 15 is 0 Å². The van der Waals surface area contributed by atoms with Gasteiger partial charge in [-0.3, -0.25) is 4.79 Å². The van der Waals surface area contributed by atoms with Crippen molar-refractivity contribution in [3.05, 3.63) is 53.6 Å². The van der Waals surface area contributed by atoms with Crippen LogP contribution in [0.1, 0.15) is 15.9 Å². The molecular weight excluding hydrogens is 344 g/mol. The van der Waals surface area contributed by atoms with Crippen LogP contribution in [0.5, 0.6) is 11.5 Å². The molecule has 2 aromatic rings. The standard InChI is InChI=1S/C21H26N2O4/c1-22(21(24)19-14-18(25-2)8-9-20(19)26-3)15-16-4-6-17(7-5-16)23-10-12-27-13-11-23/h4-9,14H,10-13,15H2,1-3H3. The van der Waals surface area contributed by atoms with E-state index < -0.39 is 0 Å². The first-order valence-corrected chi connectivity index (χ1v) is 9.01. The lowest BCUT2D eigenvalue weighted by Crippen LogP contribution is -2.36. The third-order valence-electron chi connectivity index (χ3n) is 4.72. The molecule has 1 amide bonds. The Morgan fingerprint density at radius 1 is 1.07 bits per heavy atom. The quantitative estimate of drug-likeness (QED) is 0.783. The van der Waals surface area contributed by atoms with E-state index in [1.165, 1.54) is 5.69 Å².